The highest BCUT2D eigenvalue weighted by molar-refractivity contribution is 6.02. The SMILES string of the molecule is CNc1cn2cc(-c3c(C)c(F)c(N)c4[nH]ncc34)ccc2n1. The van der Waals surface area contributed by atoms with E-state index in [2.05, 4.69) is 20.5 Å². The average Bonchev–Trinajstić information content (AvgIpc) is 3.18. The molecule has 0 fully saturated rings. The highest BCUT2D eigenvalue weighted by Gasteiger charge is 2.18. The third kappa shape index (κ3) is 1.86. The molecule has 0 amide bonds. The summed E-state index contributed by atoms with van der Waals surface area (Å²) in [6.07, 6.45) is 5.48. The molecule has 0 saturated heterocycles. The quantitative estimate of drug-likeness (QED) is 0.497. The van der Waals surface area contributed by atoms with Crippen LogP contribution in [-0.4, -0.2) is 26.6 Å². The fourth-order valence-electron chi connectivity index (χ4n) is 2.94. The number of imidazole rings is 1. The molecule has 7 heteroatoms. The van der Waals surface area contributed by atoms with Crippen molar-refractivity contribution in [3.63, 3.8) is 0 Å². The third-order valence-corrected chi connectivity index (χ3v) is 4.11. The van der Waals surface area contributed by atoms with Crippen LogP contribution in [0.1, 0.15) is 5.56 Å². The normalized spacial score (nSPS) is 11.4. The van der Waals surface area contributed by atoms with Crippen molar-refractivity contribution in [3.05, 3.63) is 42.1 Å². The zero-order valence-electron chi connectivity index (χ0n) is 12.7. The lowest BCUT2D eigenvalue weighted by molar-refractivity contribution is 0.625. The fourth-order valence-corrected chi connectivity index (χ4v) is 2.94. The van der Waals surface area contributed by atoms with E-state index in [0.717, 1.165) is 28.0 Å². The topological polar surface area (TPSA) is 84.0 Å². The maximum Gasteiger partial charge on any atom is 0.151 e. The van der Waals surface area contributed by atoms with E-state index >= 15 is 0 Å². The second kappa shape index (κ2) is 4.70. The Morgan fingerprint density at radius 3 is 2.91 bits per heavy atom. The van der Waals surface area contributed by atoms with Gasteiger partial charge in [0.15, 0.2) is 5.82 Å². The van der Waals surface area contributed by atoms with Crippen molar-refractivity contribution in [1.29, 1.82) is 0 Å². The number of hydrogen-bond donors (Lipinski definition) is 3. The standard InChI is InChI=1S/C16H15FN6/c1-8-13(10-5-20-22-16(10)15(18)14(8)17)9-3-4-12-21-11(19-2)7-23(12)6-9/h3-7,19H,18H2,1-2H3,(H,20,22). The largest absolute Gasteiger partial charge is 0.395 e. The maximum absolute atomic E-state index is 14.5. The Hall–Kier alpha value is -3.09. The van der Waals surface area contributed by atoms with Gasteiger partial charge in [-0.3, -0.25) is 5.10 Å². The Balaban J connectivity index is 2.03. The number of aromatic nitrogens is 4. The zero-order valence-corrected chi connectivity index (χ0v) is 12.7. The number of nitrogens with one attached hydrogen (secondary N) is 2. The van der Waals surface area contributed by atoms with E-state index in [0.29, 0.717) is 11.1 Å². The van der Waals surface area contributed by atoms with E-state index in [1.165, 1.54) is 0 Å². The molecule has 0 aliphatic rings. The Bertz CT molecular complexity index is 1050. The van der Waals surface area contributed by atoms with Crippen LogP contribution in [0.4, 0.5) is 15.9 Å². The number of nitrogens with zero attached hydrogens (tertiary/aromatic N) is 3. The highest BCUT2D eigenvalue weighted by atomic mass is 19.1. The van der Waals surface area contributed by atoms with Gasteiger partial charge in [-0.15, -0.1) is 0 Å². The molecule has 4 N–H and O–H groups in total. The minimum Gasteiger partial charge on any atom is -0.395 e. The predicted molar refractivity (Wildman–Crippen MR) is 88.9 cm³/mol. The summed E-state index contributed by atoms with van der Waals surface area (Å²) in [6.45, 7) is 1.73. The smallest absolute Gasteiger partial charge is 0.151 e. The number of halogens is 1. The minimum absolute atomic E-state index is 0.0972. The van der Waals surface area contributed by atoms with Gasteiger partial charge in [0, 0.05) is 24.2 Å². The summed E-state index contributed by atoms with van der Waals surface area (Å²) in [7, 11) is 1.82. The molecule has 4 aromatic rings. The predicted octanol–water partition coefficient (Wildman–Crippen LogP) is 2.95. The first-order valence-corrected chi connectivity index (χ1v) is 7.17. The van der Waals surface area contributed by atoms with Gasteiger partial charge in [0.2, 0.25) is 0 Å². The van der Waals surface area contributed by atoms with Crippen LogP contribution in [0.5, 0.6) is 0 Å². The van der Waals surface area contributed by atoms with E-state index in [-0.39, 0.29) is 5.69 Å². The molecule has 1 aromatic carbocycles. The van der Waals surface area contributed by atoms with E-state index in [4.69, 9.17) is 5.73 Å². The number of benzene rings is 1. The van der Waals surface area contributed by atoms with Crippen molar-refractivity contribution in [1.82, 2.24) is 19.6 Å². The van der Waals surface area contributed by atoms with Gasteiger partial charge in [0.1, 0.15) is 11.5 Å². The van der Waals surface area contributed by atoms with Crippen molar-refractivity contribution >= 4 is 28.1 Å². The third-order valence-electron chi connectivity index (χ3n) is 4.11. The molecule has 0 aliphatic carbocycles. The highest BCUT2D eigenvalue weighted by Crippen LogP contribution is 2.36. The first-order chi connectivity index (χ1) is 11.1. The van der Waals surface area contributed by atoms with Crippen molar-refractivity contribution in [2.24, 2.45) is 0 Å². The van der Waals surface area contributed by atoms with Gasteiger partial charge in [-0.1, -0.05) is 0 Å². The molecule has 0 spiro atoms. The molecule has 23 heavy (non-hydrogen) atoms. The molecule has 0 saturated carbocycles. The zero-order chi connectivity index (χ0) is 16.1. The van der Waals surface area contributed by atoms with Gasteiger partial charge < -0.3 is 15.5 Å². The maximum atomic E-state index is 14.5. The van der Waals surface area contributed by atoms with Crippen molar-refractivity contribution in [2.45, 2.75) is 6.92 Å². The summed E-state index contributed by atoms with van der Waals surface area (Å²) in [4.78, 5) is 4.41. The van der Waals surface area contributed by atoms with E-state index in [9.17, 15) is 4.39 Å². The summed E-state index contributed by atoms with van der Waals surface area (Å²) in [6, 6.07) is 3.82. The average molecular weight is 310 g/mol. The van der Waals surface area contributed by atoms with E-state index in [1.807, 2.05) is 36.0 Å². The Labute approximate surface area is 131 Å². The van der Waals surface area contributed by atoms with Gasteiger partial charge in [-0.05, 0) is 30.2 Å². The van der Waals surface area contributed by atoms with Crippen LogP contribution >= 0.6 is 0 Å². The van der Waals surface area contributed by atoms with Crippen LogP contribution in [0.3, 0.4) is 0 Å². The van der Waals surface area contributed by atoms with Gasteiger partial charge >= 0.3 is 0 Å². The molecular weight excluding hydrogens is 295 g/mol. The van der Waals surface area contributed by atoms with Gasteiger partial charge in [0.25, 0.3) is 0 Å². The minimum atomic E-state index is -0.418. The Morgan fingerprint density at radius 2 is 2.13 bits per heavy atom. The molecule has 0 unspecified atom stereocenters. The lowest BCUT2D eigenvalue weighted by atomic mass is 9.96. The summed E-state index contributed by atoms with van der Waals surface area (Å²) < 4.78 is 16.4. The van der Waals surface area contributed by atoms with Crippen molar-refractivity contribution in [2.75, 3.05) is 18.1 Å². The Morgan fingerprint density at radius 1 is 1.30 bits per heavy atom. The van der Waals surface area contributed by atoms with Crippen molar-refractivity contribution in [3.8, 4) is 11.1 Å². The molecule has 4 rings (SSSR count). The van der Waals surface area contributed by atoms with Gasteiger partial charge in [0.05, 0.1) is 23.6 Å². The van der Waals surface area contributed by atoms with Crippen LogP contribution < -0.4 is 11.1 Å². The number of pyridine rings is 1. The second-order valence-corrected chi connectivity index (χ2v) is 5.45. The van der Waals surface area contributed by atoms with Crippen LogP contribution in [0, 0.1) is 12.7 Å². The van der Waals surface area contributed by atoms with Crippen molar-refractivity contribution < 1.29 is 4.39 Å². The number of nitrogen functional groups attached to an aromatic ring is 1. The number of H-pyrrole nitrogens is 1. The van der Waals surface area contributed by atoms with Gasteiger partial charge in [-0.25, -0.2) is 9.37 Å². The molecule has 6 nitrogen and oxygen atoms in total. The molecule has 3 heterocycles. The molecule has 0 atom stereocenters. The second-order valence-electron chi connectivity index (χ2n) is 5.45. The lowest BCUT2D eigenvalue weighted by Crippen LogP contribution is -1.99. The molecular formula is C16H15FN6. The monoisotopic (exact) mass is 310 g/mol. The van der Waals surface area contributed by atoms with E-state index < -0.39 is 5.82 Å². The fraction of sp³-hybridized carbons (Fsp3) is 0.125. The summed E-state index contributed by atoms with van der Waals surface area (Å²) in [5.74, 6) is 0.356. The number of nitrogens with two attached hydrogens (primary N) is 1. The molecule has 116 valence electrons. The molecule has 0 aliphatic heterocycles. The number of aromatic amines is 1. The number of rotatable bonds is 2. The first kappa shape index (κ1) is 13.6. The Kier molecular flexibility index (Phi) is 2.77. The van der Waals surface area contributed by atoms with Crippen LogP contribution in [0.2, 0.25) is 0 Å². The summed E-state index contributed by atoms with van der Waals surface area (Å²) in [5, 5.41) is 10.6. The van der Waals surface area contributed by atoms with Crippen LogP contribution in [0.15, 0.2) is 30.7 Å². The summed E-state index contributed by atoms with van der Waals surface area (Å²) in [5.41, 5.74) is 9.44. The molecule has 0 radical (unpaired) electrons. The first-order valence-electron chi connectivity index (χ1n) is 7.17. The van der Waals surface area contributed by atoms with E-state index in [1.54, 1.807) is 13.1 Å². The number of fused-ring (bicyclic) bond motifs is 2. The number of anilines is 2. The molecule has 3 aromatic heterocycles. The molecule has 0 bridgehead atoms. The lowest BCUT2D eigenvalue weighted by Gasteiger charge is -2.11. The van der Waals surface area contributed by atoms with Crippen LogP contribution in [0.25, 0.3) is 27.7 Å². The van der Waals surface area contributed by atoms with Crippen LogP contribution in [-0.2, 0) is 0 Å². The summed E-state index contributed by atoms with van der Waals surface area (Å²) >= 11 is 0. The number of hydrogen-bond acceptors (Lipinski definition) is 4. The van der Waals surface area contributed by atoms with Gasteiger partial charge in [-0.2, -0.15) is 5.10 Å².